The number of imidazole rings is 1. The van der Waals surface area contributed by atoms with Gasteiger partial charge in [-0.2, -0.15) is 0 Å². The van der Waals surface area contributed by atoms with Crippen LogP contribution >= 0.6 is 15.9 Å². The van der Waals surface area contributed by atoms with Crippen molar-refractivity contribution in [1.29, 1.82) is 0 Å². The summed E-state index contributed by atoms with van der Waals surface area (Å²) < 4.78 is 2.71. The predicted molar refractivity (Wildman–Crippen MR) is 152 cm³/mol. The summed E-state index contributed by atoms with van der Waals surface area (Å²) in [5.41, 5.74) is 2.15. The average Bonchev–Trinajstić information content (AvgIpc) is 3.85. The summed E-state index contributed by atoms with van der Waals surface area (Å²) in [7, 11) is 1.55. The number of rotatable bonds is 5. The molecule has 202 valence electrons. The molecule has 0 aliphatic heterocycles. The van der Waals surface area contributed by atoms with E-state index in [9.17, 15) is 15.0 Å². The molecule has 1 amide bonds. The maximum atomic E-state index is 12.7. The molecule has 2 heterocycles. The van der Waals surface area contributed by atoms with Gasteiger partial charge in [-0.3, -0.25) is 4.79 Å². The van der Waals surface area contributed by atoms with Gasteiger partial charge in [-0.15, -0.1) is 0 Å². The lowest BCUT2D eigenvalue weighted by atomic mass is 9.98. The normalized spacial score (nSPS) is 29.8. The Kier molecular flexibility index (Phi) is 5.93. The highest BCUT2D eigenvalue weighted by molar-refractivity contribution is 9.10. The van der Waals surface area contributed by atoms with E-state index >= 15 is 0 Å². The van der Waals surface area contributed by atoms with Crippen LogP contribution in [0.2, 0.25) is 0 Å². The molecule has 0 saturated heterocycles. The highest BCUT2D eigenvalue weighted by atomic mass is 79.9. The number of aliphatic hydroxyl groups is 2. The van der Waals surface area contributed by atoms with E-state index in [1.807, 2.05) is 42.5 Å². The fourth-order valence-electron chi connectivity index (χ4n) is 6.37. The second-order valence-corrected chi connectivity index (χ2v) is 11.8. The van der Waals surface area contributed by atoms with Crippen LogP contribution in [-0.4, -0.2) is 60.9 Å². The molecule has 3 saturated carbocycles. The first kappa shape index (κ1) is 25.2. The second kappa shape index (κ2) is 9.41. The van der Waals surface area contributed by atoms with Crippen LogP contribution < -0.4 is 10.6 Å². The number of fused-ring (bicyclic) bond motifs is 2. The number of halogens is 1. The molecule has 4 unspecified atom stereocenters. The van der Waals surface area contributed by atoms with Crippen molar-refractivity contribution in [3.63, 3.8) is 0 Å². The highest BCUT2D eigenvalue weighted by Gasteiger charge is 2.75. The number of aromatic nitrogens is 4. The Morgan fingerprint density at radius 1 is 1.12 bits per heavy atom. The lowest BCUT2D eigenvalue weighted by Gasteiger charge is -2.23. The van der Waals surface area contributed by atoms with E-state index in [-0.39, 0.29) is 17.9 Å². The van der Waals surface area contributed by atoms with Gasteiger partial charge in [-0.25, -0.2) is 15.0 Å². The molecular formula is C30H27BrN6O3. The van der Waals surface area contributed by atoms with E-state index in [0.717, 1.165) is 16.5 Å². The molecule has 10 heteroatoms. The van der Waals surface area contributed by atoms with Crippen LogP contribution in [0.4, 0.5) is 5.82 Å². The first-order valence-electron chi connectivity index (χ1n) is 13.3. The average molecular weight is 599 g/mol. The van der Waals surface area contributed by atoms with Crippen molar-refractivity contribution in [2.24, 2.45) is 11.3 Å². The van der Waals surface area contributed by atoms with E-state index in [2.05, 4.69) is 55.5 Å². The van der Waals surface area contributed by atoms with Gasteiger partial charge in [0.25, 0.3) is 0 Å². The van der Waals surface area contributed by atoms with Gasteiger partial charge >= 0.3 is 0 Å². The second-order valence-electron chi connectivity index (χ2n) is 10.8. The van der Waals surface area contributed by atoms with Gasteiger partial charge < -0.3 is 25.4 Å². The zero-order valence-corrected chi connectivity index (χ0v) is 23.2. The zero-order valence-electron chi connectivity index (χ0n) is 21.6. The third-order valence-electron chi connectivity index (χ3n) is 8.55. The Balaban J connectivity index is 1.28. The van der Waals surface area contributed by atoms with Gasteiger partial charge in [0.2, 0.25) is 11.7 Å². The summed E-state index contributed by atoms with van der Waals surface area (Å²) in [5, 5.41) is 28.2. The predicted octanol–water partition coefficient (Wildman–Crippen LogP) is 2.99. The highest BCUT2D eigenvalue weighted by Crippen LogP contribution is 2.67. The Hall–Kier alpha value is -3.78. The zero-order chi connectivity index (χ0) is 27.6. The quantitative estimate of drug-likeness (QED) is 0.260. The first-order valence-corrected chi connectivity index (χ1v) is 14.1. The van der Waals surface area contributed by atoms with Crippen molar-refractivity contribution >= 4 is 38.8 Å². The summed E-state index contributed by atoms with van der Waals surface area (Å²) in [5.74, 6) is 7.00. The molecule has 0 bridgehead atoms. The Bertz CT molecular complexity index is 1700. The fraction of sp³-hybridized carbons (Fsp3) is 0.333. The minimum atomic E-state index is -1.17. The van der Waals surface area contributed by atoms with Crippen molar-refractivity contribution in [1.82, 2.24) is 24.8 Å². The number of benzene rings is 2. The Labute approximate surface area is 239 Å². The SMILES string of the molecule is CNC(=O)C12CC1[C@@H](n1cnc3c(NC4CC4c4ccccc4)nc(C#Cc4cccc(Br)c4)nc31)[C@H](O)[C@@H]2O. The van der Waals surface area contributed by atoms with Crippen LogP contribution in [0, 0.1) is 23.2 Å². The first-order chi connectivity index (χ1) is 19.4. The monoisotopic (exact) mass is 598 g/mol. The van der Waals surface area contributed by atoms with Gasteiger partial charge in [0.05, 0.1) is 23.9 Å². The molecule has 4 aromatic rings. The van der Waals surface area contributed by atoms with Gasteiger partial charge in [0.1, 0.15) is 6.10 Å². The number of hydrogen-bond acceptors (Lipinski definition) is 7. The van der Waals surface area contributed by atoms with Crippen LogP contribution in [0.1, 0.15) is 41.8 Å². The number of carbonyl (C=O) groups is 1. The van der Waals surface area contributed by atoms with Crippen molar-refractivity contribution < 1.29 is 15.0 Å². The number of aliphatic hydroxyl groups excluding tert-OH is 2. The fourth-order valence-corrected chi connectivity index (χ4v) is 6.77. The van der Waals surface area contributed by atoms with Crippen molar-refractivity contribution in [3.8, 4) is 11.8 Å². The summed E-state index contributed by atoms with van der Waals surface area (Å²) >= 11 is 3.48. The molecule has 40 heavy (non-hydrogen) atoms. The number of anilines is 1. The van der Waals surface area contributed by atoms with Crippen LogP contribution in [0.15, 0.2) is 65.4 Å². The summed E-state index contributed by atoms with van der Waals surface area (Å²) in [6, 6.07) is 17.7. The van der Waals surface area contributed by atoms with Gasteiger partial charge in [0, 0.05) is 35.0 Å². The number of nitrogens with zero attached hydrogens (tertiary/aromatic N) is 4. The third-order valence-corrected chi connectivity index (χ3v) is 9.04. The Morgan fingerprint density at radius 3 is 2.73 bits per heavy atom. The van der Waals surface area contributed by atoms with Crippen LogP contribution in [0.3, 0.4) is 0 Å². The lowest BCUT2D eigenvalue weighted by molar-refractivity contribution is -0.132. The standard InChI is InChI=1S/C30H27BrN6O3/c1-32-29(40)30-14-20(30)24(25(38)26(30)39)37-15-33-23-27(34-21-13-19(21)17-7-3-2-4-8-17)35-22(36-28(23)37)11-10-16-6-5-9-18(31)12-16/h2-9,12,15,19-21,24-26,38-39H,13-14H2,1H3,(H,32,40)(H,34,35,36)/t19?,20?,21?,24-,25+,26+,30?/m1/s1. The molecule has 9 nitrogen and oxygen atoms in total. The molecule has 0 radical (unpaired) electrons. The number of nitrogens with one attached hydrogen (secondary N) is 2. The minimum Gasteiger partial charge on any atom is -0.389 e. The molecule has 3 aliphatic carbocycles. The van der Waals surface area contributed by atoms with Crippen LogP contribution in [-0.2, 0) is 4.79 Å². The number of amides is 1. The molecule has 3 aliphatic rings. The van der Waals surface area contributed by atoms with Crippen LogP contribution in [0.5, 0.6) is 0 Å². The summed E-state index contributed by atoms with van der Waals surface area (Å²) in [4.78, 5) is 26.8. The summed E-state index contributed by atoms with van der Waals surface area (Å²) in [6.45, 7) is 0. The van der Waals surface area contributed by atoms with E-state index in [4.69, 9.17) is 9.97 Å². The molecular weight excluding hydrogens is 572 g/mol. The lowest BCUT2D eigenvalue weighted by Crippen LogP contribution is -2.41. The summed E-state index contributed by atoms with van der Waals surface area (Å²) in [6.07, 6.45) is 0.771. The van der Waals surface area contributed by atoms with Gasteiger partial charge in [0.15, 0.2) is 17.0 Å². The minimum absolute atomic E-state index is 0.194. The van der Waals surface area contributed by atoms with E-state index < -0.39 is 23.7 Å². The number of carbonyl (C=O) groups excluding carboxylic acids is 1. The van der Waals surface area contributed by atoms with Gasteiger partial charge in [-0.1, -0.05) is 58.2 Å². The molecule has 7 atom stereocenters. The molecule has 2 aromatic carbocycles. The largest absolute Gasteiger partial charge is 0.389 e. The van der Waals surface area contributed by atoms with E-state index in [0.29, 0.717) is 35.1 Å². The maximum absolute atomic E-state index is 12.7. The molecule has 0 spiro atoms. The maximum Gasteiger partial charge on any atom is 0.229 e. The van der Waals surface area contributed by atoms with Crippen LogP contribution in [0.25, 0.3) is 11.2 Å². The third kappa shape index (κ3) is 4.00. The molecule has 3 fully saturated rings. The van der Waals surface area contributed by atoms with E-state index in [1.165, 1.54) is 5.56 Å². The molecule has 2 aromatic heterocycles. The van der Waals surface area contributed by atoms with Crippen molar-refractivity contribution in [2.45, 2.75) is 43.1 Å². The molecule has 4 N–H and O–H groups in total. The molecule has 7 rings (SSSR count). The van der Waals surface area contributed by atoms with Gasteiger partial charge in [-0.05, 0) is 42.5 Å². The van der Waals surface area contributed by atoms with E-state index in [1.54, 1.807) is 17.9 Å². The number of hydrogen-bond donors (Lipinski definition) is 4. The van der Waals surface area contributed by atoms with Crippen molar-refractivity contribution in [2.75, 3.05) is 12.4 Å². The van der Waals surface area contributed by atoms with Crippen molar-refractivity contribution in [3.05, 3.63) is 82.3 Å². The smallest absolute Gasteiger partial charge is 0.229 e. The Morgan fingerprint density at radius 2 is 1.95 bits per heavy atom. The topological polar surface area (TPSA) is 125 Å².